The summed E-state index contributed by atoms with van der Waals surface area (Å²) in [6.07, 6.45) is -7.38. The Morgan fingerprint density at radius 1 is 0.793 bits per heavy atom. The van der Waals surface area contributed by atoms with Gasteiger partial charge in [-0.15, -0.1) is 0 Å². The van der Waals surface area contributed by atoms with Gasteiger partial charge in [-0.25, -0.2) is 22.0 Å². The first-order valence-electron chi connectivity index (χ1n) is 8.08. The molecule has 0 aliphatic carbocycles. The molecule has 0 heterocycles. The molecule has 0 amide bonds. The minimum Gasteiger partial charge on any atom is -0.420 e. The number of benzene rings is 2. The second-order valence-electron chi connectivity index (χ2n) is 6.84. The van der Waals surface area contributed by atoms with Crippen molar-refractivity contribution in [2.75, 3.05) is 0 Å². The number of esters is 1. The van der Waals surface area contributed by atoms with Gasteiger partial charge in [-0.1, -0.05) is 20.8 Å². The standard InChI is InChI=1S/C18H13F9O2/c1-4-17(2,3)9-10(19)7-8(11(20)14(9)23)13(22)16(15(24)12(7)21)29-6(28)5-18(25,26)27/h4-5H2,1-3H3. The lowest BCUT2D eigenvalue weighted by Crippen LogP contribution is -2.22. The zero-order valence-corrected chi connectivity index (χ0v) is 15.1. The molecule has 2 rings (SSSR count). The molecule has 0 N–H and O–H groups in total. The van der Waals surface area contributed by atoms with E-state index in [0.29, 0.717) is 0 Å². The fourth-order valence-corrected chi connectivity index (χ4v) is 2.67. The monoisotopic (exact) mass is 432 g/mol. The van der Waals surface area contributed by atoms with Crippen LogP contribution in [0.3, 0.4) is 0 Å². The van der Waals surface area contributed by atoms with E-state index in [0.717, 1.165) is 0 Å². The molecule has 0 aromatic heterocycles. The van der Waals surface area contributed by atoms with Crippen LogP contribution in [0.25, 0.3) is 10.8 Å². The number of hydrogen-bond donors (Lipinski definition) is 0. The van der Waals surface area contributed by atoms with Gasteiger partial charge in [-0.2, -0.15) is 17.6 Å². The summed E-state index contributed by atoms with van der Waals surface area (Å²) >= 11 is 0. The molecule has 0 saturated heterocycles. The van der Waals surface area contributed by atoms with Gasteiger partial charge in [-0.05, 0) is 11.8 Å². The van der Waals surface area contributed by atoms with Gasteiger partial charge in [0.25, 0.3) is 0 Å². The summed E-state index contributed by atoms with van der Waals surface area (Å²) in [6, 6.07) is 0. The molecule has 2 aromatic rings. The molecular weight excluding hydrogens is 419 g/mol. The van der Waals surface area contributed by atoms with E-state index in [9.17, 15) is 44.3 Å². The van der Waals surface area contributed by atoms with Gasteiger partial charge in [0.05, 0.1) is 10.8 Å². The summed E-state index contributed by atoms with van der Waals surface area (Å²) in [7, 11) is 0. The van der Waals surface area contributed by atoms with Crippen LogP contribution in [0.4, 0.5) is 39.5 Å². The highest BCUT2D eigenvalue weighted by molar-refractivity contribution is 5.89. The molecule has 160 valence electrons. The predicted octanol–water partition coefficient (Wildman–Crippen LogP) is 6.22. The van der Waals surface area contributed by atoms with Crippen LogP contribution in [-0.4, -0.2) is 12.1 Å². The third-order valence-corrected chi connectivity index (χ3v) is 4.47. The highest BCUT2D eigenvalue weighted by atomic mass is 19.4. The van der Waals surface area contributed by atoms with Crippen LogP contribution >= 0.6 is 0 Å². The summed E-state index contributed by atoms with van der Waals surface area (Å²) in [5, 5.41) is -3.32. The van der Waals surface area contributed by atoms with Crippen LogP contribution in [-0.2, 0) is 10.2 Å². The van der Waals surface area contributed by atoms with E-state index in [1.807, 2.05) is 0 Å². The van der Waals surface area contributed by atoms with E-state index in [4.69, 9.17) is 0 Å². The lowest BCUT2D eigenvalue weighted by atomic mass is 9.80. The van der Waals surface area contributed by atoms with Crippen LogP contribution in [0, 0.1) is 34.9 Å². The SMILES string of the molecule is CCC(C)(C)c1c(F)c(F)c2c(F)c(OC(=O)CC(F)(F)F)c(F)c(F)c2c1F. The van der Waals surface area contributed by atoms with E-state index >= 15 is 0 Å². The van der Waals surface area contributed by atoms with Crippen molar-refractivity contribution in [3.63, 3.8) is 0 Å². The smallest absolute Gasteiger partial charge is 0.399 e. The number of ether oxygens (including phenoxy) is 1. The fourth-order valence-electron chi connectivity index (χ4n) is 2.67. The number of carbonyl (C=O) groups excluding carboxylic acids is 1. The maximum Gasteiger partial charge on any atom is 0.399 e. The second-order valence-corrected chi connectivity index (χ2v) is 6.84. The lowest BCUT2D eigenvalue weighted by molar-refractivity contribution is -0.164. The fraction of sp³-hybridized carbons (Fsp3) is 0.389. The van der Waals surface area contributed by atoms with Gasteiger partial charge in [0.2, 0.25) is 11.6 Å². The van der Waals surface area contributed by atoms with Crippen LogP contribution in [0.15, 0.2) is 0 Å². The number of alkyl halides is 3. The summed E-state index contributed by atoms with van der Waals surface area (Å²) in [6.45, 7) is 4.02. The van der Waals surface area contributed by atoms with Gasteiger partial charge < -0.3 is 4.74 Å². The maximum atomic E-state index is 14.8. The predicted molar refractivity (Wildman–Crippen MR) is 83.3 cm³/mol. The molecule has 0 radical (unpaired) electrons. The molecule has 0 saturated carbocycles. The van der Waals surface area contributed by atoms with Gasteiger partial charge >= 0.3 is 12.1 Å². The van der Waals surface area contributed by atoms with Crippen LogP contribution in [0.5, 0.6) is 5.75 Å². The minimum absolute atomic E-state index is 0.0332. The van der Waals surface area contributed by atoms with Crippen molar-refractivity contribution in [1.82, 2.24) is 0 Å². The average molecular weight is 432 g/mol. The molecule has 2 nitrogen and oxygen atoms in total. The Morgan fingerprint density at radius 2 is 1.28 bits per heavy atom. The van der Waals surface area contributed by atoms with Crippen LogP contribution in [0.1, 0.15) is 39.2 Å². The lowest BCUT2D eigenvalue weighted by Gasteiger charge is -2.26. The molecule has 0 spiro atoms. The van der Waals surface area contributed by atoms with E-state index < -0.39 is 81.0 Å². The quantitative estimate of drug-likeness (QED) is 0.248. The number of hydrogen-bond acceptors (Lipinski definition) is 2. The van der Waals surface area contributed by atoms with Gasteiger partial charge in [-0.3, -0.25) is 4.79 Å². The number of halogens is 9. The molecule has 29 heavy (non-hydrogen) atoms. The van der Waals surface area contributed by atoms with E-state index in [2.05, 4.69) is 4.74 Å². The summed E-state index contributed by atoms with van der Waals surface area (Å²) in [4.78, 5) is 11.2. The Hall–Kier alpha value is -2.46. The molecule has 0 atom stereocenters. The summed E-state index contributed by atoms with van der Waals surface area (Å²) in [5.41, 5.74) is -2.37. The number of fused-ring (bicyclic) bond motifs is 1. The Morgan fingerprint density at radius 3 is 1.76 bits per heavy atom. The topological polar surface area (TPSA) is 26.3 Å². The van der Waals surface area contributed by atoms with Crippen molar-refractivity contribution in [3.05, 3.63) is 40.5 Å². The van der Waals surface area contributed by atoms with Crippen LogP contribution in [0.2, 0.25) is 0 Å². The molecule has 0 unspecified atom stereocenters. The normalized spacial score (nSPS) is 12.6. The Labute approximate surface area is 158 Å². The molecule has 0 aliphatic heterocycles. The Kier molecular flexibility index (Phi) is 5.84. The Bertz CT molecular complexity index is 994. The molecule has 0 fully saturated rings. The minimum atomic E-state index is -5.12. The first-order valence-corrected chi connectivity index (χ1v) is 8.08. The van der Waals surface area contributed by atoms with Gasteiger partial charge in [0.1, 0.15) is 12.2 Å². The van der Waals surface area contributed by atoms with Crippen molar-refractivity contribution < 1.29 is 49.0 Å². The molecule has 11 heteroatoms. The first kappa shape index (κ1) is 22.8. The highest BCUT2D eigenvalue weighted by Gasteiger charge is 2.37. The van der Waals surface area contributed by atoms with E-state index in [1.54, 1.807) is 0 Å². The third-order valence-electron chi connectivity index (χ3n) is 4.47. The number of rotatable bonds is 4. The highest BCUT2D eigenvalue weighted by Crippen LogP contribution is 2.42. The van der Waals surface area contributed by atoms with Crippen molar-refractivity contribution in [3.8, 4) is 5.75 Å². The zero-order valence-electron chi connectivity index (χ0n) is 15.1. The first-order chi connectivity index (χ1) is 13.1. The average Bonchev–Trinajstić information content (AvgIpc) is 2.58. The molecule has 2 aromatic carbocycles. The maximum absolute atomic E-state index is 14.8. The van der Waals surface area contributed by atoms with Crippen molar-refractivity contribution in [1.29, 1.82) is 0 Å². The van der Waals surface area contributed by atoms with E-state index in [1.165, 1.54) is 20.8 Å². The van der Waals surface area contributed by atoms with Gasteiger partial charge in [0, 0.05) is 5.56 Å². The summed E-state index contributed by atoms with van der Waals surface area (Å²) < 4.78 is 127. The number of carbonyl (C=O) groups is 1. The third kappa shape index (κ3) is 3.99. The Balaban J connectivity index is 2.85. The largest absolute Gasteiger partial charge is 0.420 e. The van der Waals surface area contributed by atoms with Crippen molar-refractivity contribution >= 4 is 16.7 Å². The van der Waals surface area contributed by atoms with E-state index in [-0.39, 0.29) is 6.42 Å². The second kappa shape index (κ2) is 7.42. The molecule has 0 aliphatic rings. The van der Waals surface area contributed by atoms with Crippen molar-refractivity contribution in [2.45, 2.75) is 45.2 Å². The zero-order chi connectivity index (χ0) is 22.5. The molecule has 0 bridgehead atoms. The van der Waals surface area contributed by atoms with Crippen LogP contribution < -0.4 is 4.74 Å². The van der Waals surface area contributed by atoms with Crippen molar-refractivity contribution in [2.24, 2.45) is 0 Å². The molecular formula is C18H13F9O2. The van der Waals surface area contributed by atoms with Gasteiger partial charge in [0.15, 0.2) is 23.3 Å². The summed E-state index contributed by atoms with van der Waals surface area (Å²) in [5.74, 6) is -16.9.